The van der Waals surface area contributed by atoms with Crippen LogP contribution in [0.15, 0.2) is 114 Å². The van der Waals surface area contributed by atoms with Crippen molar-refractivity contribution in [3.8, 4) is 17.2 Å². The van der Waals surface area contributed by atoms with E-state index in [0.29, 0.717) is 29.2 Å². The van der Waals surface area contributed by atoms with Gasteiger partial charge in [0.15, 0.2) is 11.5 Å². The van der Waals surface area contributed by atoms with E-state index in [4.69, 9.17) is 14.2 Å². The third-order valence-corrected chi connectivity index (χ3v) is 5.74. The molecule has 0 radical (unpaired) electrons. The topological polar surface area (TPSA) is 98.2 Å². The number of hydrogen-bond acceptors (Lipinski definition) is 6. The van der Waals surface area contributed by atoms with Crippen LogP contribution in [0.3, 0.4) is 0 Å². The van der Waals surface area contributed by atoms with Crippen LogP contribution in [-0.4, -0.2) is 24.8 Å². The molecular weight excluding hydrogens is 494 g/mol. The highest BCUT2D eigenvalue weighted by Gasteiger charge is 2.17. The van der Waals surface area contributed by atoms with Gasteiger partial charge in [0.1, 0.15) is 18.1 Å². The Morgan fingerprint density at radius 3 is 2.28 bits per heavy atom. The Balaban J connectivity index is 1.25. The van der Waals surface area contributed by atoms with Gasteiger partial charge in [-0.25, -0.2) is 5.43 Å². The lowest BCUT2D eigenvalue weighted by molar-refractivity contribution is -0.117. The summed E-state index contributed by atoms with van der Waals surface area (Å²) < 4.78 is 16.6. The number of amides is 2. The largest absolute Gasteiger partial charge is 0.489 e. The van der Waals surface area contributed by atoms with Crippen LogP contribution < -0.4 is 25.0 Å². The van der Waals surface area contributed by atoms with Gasteiger partial charge in [-0.15, -0.1) is 0 Å². The quantitative estimate of drug-likeness (QED) is 0.186. The second-order valence-corrected chi connectivity index (χ2v) is 8.53. The summed E-state index contributed by atoms with van der Waals surface area (Å²) in [5, 5.41) is 6.74. The summed E-state index contributed by atoms with van der Waals surface area (Å²) in [7, 11) is 0. The van der Waals surface area contributed by atoms with E-state index in [-0.39, 0.29) is 12.5 Å². The first-order valence-corrected chi connectivity index (χ1v) is 12.2. The first kappa shape index (κ1) is 25.3. The highest BCUT2D eigenvalue weighted by Crippen LogP contribution is 2.33. The minimum atomic E-state index is -0.587. The minimum absolute atomic E-state index is 0.0181. The van der Waals surface area contributed by atoms with Crippen molar-refractivity contribution >= 4 is 24.1 Å². The Morgan fingerprint density at radius 1 is 0.821 bits per heavy atom. The molecule has 8 heteroatoms. The number of ether oxygens (including phenoxy) is 3. The molecule has 1 aliphatic heterocycles. The van der Waals surface area contributed by atoms with E-state index in [1.165, 1.54) is 6.21 Å². The zero-order chi connectivity index (χ0) is 26.9. The molecule has 0 saturated heterocycles. The summed E-state index contributed by atoms with van der Waals surface area (Å²) in [6.07, 6.45) is 3.06. The van der Waals surface area contributed by atoms with Gasteiger partial charge in [-0.05, 0) is 71.3 Å². The van der Waals surface area contributed by atoms with Crippen molar-refractivity contribution in [3.63, 3.8) is 0 Å². The summed E-state index contributed by atoms with van der Waals surface area (Å²) in [6, 6.07) is 31.1. The van der Waals surface area contributed by atoms with Crippen LogP contribution in [0.4, 0.5) is 0 Å². The van der Waals surface area contributed by atoms with E-state index in [9.17, 15) is 9.59 Å². The average Bonchev–Trinajstić information content (AvgIpc) is 3.45. The van der Waals surface area contributed by atoms with Crippen molar-refractivity contribution in [1.29, 1.82) is 0 Å². The van der Waals surface area contributed by atoms with E-state index in [1.54, 1.807) is 48.5 Å². The summed E-state index contributed by atoms with van der Waals surface area (Å²) in [5.41, 5.74) is 5.40. The molecule has 39 heavy (non-hydrogen) atoms. The number of benzene rings is 4. The molecule has 0 bridgehead atoms. The van der Waals surface area contributed by atoms with Crippen molar-refractivity contribution in [1.82, 2.24) is 10.7 Å². The number of hydrogen-bond donors (Lipinski definition) is 2. The van der Waals surface area contributed by atoms with Crippen molar-refractivity contribution in [2.24, 2.45) is 5.10 Å². The second-order valence-electron chi connectivity index (χ2n) is 8.53. The van der Waals surface area contributed by atoms with Crippen LogP contribution in [0.2, 0.25) is 0 Å². The predicted octanol–water partition coefficient (Wildman–Crippen LogP) is 4.92. The van der Waals surface area contributed by atoms with Crippen molar-refractivity contribution < 1.29 is 23.8 Å². The first-order valence-electron chi connectivity index (χ1n) is 12.2. The number of rotatable bonds is 9. The number of nitrogens with one attached hydrogen (secondary N) is 2. The molecule has 0 aliphatic carbocycles. The molecule has 5 rings (SSSR count). The molecular formula is C31H25N3O5. The number of hydrazone groups is 1. The summed E-state index contributed by atoms with van der Waals surface area (Å²) in [6.45, 7) is 0.604. The van der Waals surface area contributed by atoms with Crippen LogP contribution in [-0.2, 0) is 11.4 Å². The highest BCUT2D eigenvalue weighted by molar-refractivity contribution is 6.05. The van der Waals surface area contributed by atoms with Gasteiger partial charge in [0.25, 0.3) is 11.8 Å². The standard InChI is InChI=1S/C31H25N3O5/c35-30(25-9-5-2-6-10-25)33-27(17-24-13-16-28-29(18-24)39-21-38-28)31(36)34-32-19-22-11-14-26(15-12-22)37-20-23-7-3-1-4-8-23/h1-19H,20-21H2,(H,33,35)(H,34,36)/b27-17+,32-19+. The molecule has 4 aromatic carbocycles. The van der Waals surface area contributed by atoms with E-state index in [2.05, 4.69) is 15.8 Å². The molecule has 0 atom stereocenters. The van der Waals surface area contributed by atoms with Crippen LogP contribution >= 0.6 is 0 Å². The van der Waals surface area contributed by atoms with Gasteiger partial charge in [0, 0.05) is 5.56 Å². The molecule has 8 nitrogen and oxygen atoms in total. The molecule has 0 saturated carbocycles. The van der Waals surface area contributed by atoms with E-state index >= 15 is 0 Å². The zero-order valence-electron chi connectivity index (χ0n) is 20.9. The Hall–Kier alpha value is -5.37. The molecule has 2 amide bonds. The van der Waals surface area contributed by atoms with E-state index in [1.807, 2.05) is 60.7 Å². The Kier molecular flexibility index (Phi) is 7.94. The maximum absolute atomic E-state index is 13.0. The Bertz CT molecular complexity index is 1500. The third kappa shape index (κ3) is 6.90. The second kappa shape index (κ2) is 12.2. The number of carbonyl (C=O) groups excluding carboxylic acids is 2. The molecule has 2 N–H and O–H groups in total. The van der Waals surface area contributed by atoms with E-state index < -0.39 is 11.8 Å². The summed E-state index contributed by atoms with van der Waals surface area (Å²) in [4.78, 5) is 25.8. The molecule has 0 aromatic heterocycles. The summed E-state index contributed by atoms with van der Waals surface area (Å²) in [5.74, 6) is 0.890. The van der Waals surface area contributed by atoms with Gasteiger partial charge >= 0.3 is 0 Å². The van der Waals surface area contributed by atoms with Crippen molar-refractivity contribution in [2.75, 3.05) is 6.79 Å². The maximum Gasteiger partial charge on any atom is 0.287 e. The van der Waals surface area contributed by atoms with Crippen molar-refractivity contribution in [2.45, 2.75) is 6.61 Å². The lowest BCUT2D eigenvalue weighted by atomic mass is 10.1. The van der Waals surface area contributed by atoms with Gasteiger partial charge in [0.05, 0.1) is 6.21 Å². The van der Waals surface area contributed by atoms with Gasteiger partial charge < -0.3 is 19.5 Å². The molecule has 194 valence electrons. The lowest BCUT2D eigenvalue weighted by Crippen LogP contribution is -2.32. The minimum Gasteiger partial charge on any atom is -0.489 e. The monoisotopic (exact) mass is 519 g/mol. The average molecular weight is 520 g/mol. The van der Waals surface area contributed by atoms with Gasteiger partial charge in [-0.2, -0.15) is 5.10 Å². The Labute approximate surface area is 225 Å². The smallest absolute Gasteiger partial charge is 0.287 e. The maximum atomic E-state index is 13.0. The number of carbonyl (C=O) groups is 2. The highest BCUT2D eigenvalue weighted by atomic mass is 16.7. The van der Waals surface area contributed by atoms with Crippen LogP contribution in [0.1, 0.15) is 27.0 Å². The number of nitrogens with zero attached hydrogens (tertiary/aromatic N) is 1. The van der Waals surface area contributed by atoms with Crippen molar-refractivity contribution in [3.05, 3.63) is 131 Å². The van der Waals surface area contributed by atoms with Crippen LogP contribution in [0.5, 0.6) is 17.2 Å². The molecule has 1 aliphatic rings. The molecule has 0 unspecified atom stereocenters. The zero-order valence-corrected chi connectivity index (χ0v) is 20.9. The fourth-order valence-electron chi connectivity index (χ4n) is 3.73. The van der Waals surface area contributed by atoms with Gasteiger partial charge in [0.2, 0.25) is 6.79 Å². The van der Waals surface area contributed by atoms with Crippen LogP contribution in [0, 0.1) is 0 Å². The fourth-order valence-corrected chi connectivity index (χ4v) is 3.73. The molecule has 1 heterocycles. The first-order chi connectivity index (χ1) is 19.1. The SMILES string of the molecule is O=C(N/N=C/c1ccc(OCc2ccccc2)cc1)/C(=C\c1ccc2c(c1)OCO2)NC(=O)c1ccccc1. The lowest BCUT2D eigenvalue weighted by Gasteiger charge is -2.09. The molecule has 0 fully saturated rings. The van der Waals surface area contributed by atoms with E-state index in [0.717, 1.165) is 16.9 Å². The van der Waals surface area contributed by atoms with Gasteiger partial charge in [-0.1, -0.05) is 54.6 Å². The van der Waals surface area contributed by atoms with Crippen LogP contribution in [0.25, 0.3) is 6.08 Å². The third-order valence-electron chi connectivity index (χ3n) is 5.74. The molecule has 4 aromatic rings. The normalized spacial score (nSPS) is 12.3. The fraction of sp³-hybridized carbons (Fsp3) is 0.0645. The van der Waals surface area contributed by atoms with Gasteiger partial charge in [-0.3, -0.25) is 9.59 Å². The summed E-state index contributed by atoms with van der Waals surface area (Å²) >= 11 is 0. The Morgan fingerprint density at radius 2 is 1.51 bits per heavy atom. The molecule has 0 spiro atoms. The predicted molar refractivity (Wildman–Crippen MR) is 147 cm³/mol. The number of fused-ring (bicyclic) bond motifs is 1.